The van der Waals surface area contributed by atoms with Crippen molar-refractivity contribution >= 4 is 33.8 Å². The minimum Gasteiger partial charge on any atom is -0.322 e. The van der Waals surface area contributed by atoms with Crippen LogP contribution >= 0.6 is 11.3 Å². The molecule has 0 aliphatic heterocycles. The minimum absolute atomic E-state index is 0.0527. The number of anilines is 2. The van der Waals surface area contributed by atoms with E-state index in [-0.39, 0.29) is 24.4 Å². The zero-order valence-electron chi connectivity index (χ0n) is 16.8. The standard InChI is InChI=1S/C23H22N4O2S/c1-16(27(2)15-21(28)26-23-19(14-24)11-12-30-23)18-9-6-10-20(13-18)25-22(29)17-7-4-3-5-8-17/h3-13,16H,15H2,1-2H3,(H,25,29)(H,26,28)/t16-/m1/s1. The van der Waals surface area contributed by atoms with Gasteiger partial charge in [-0.2, -0.15) is 5.26 Å². The van der Waals surface area contributed by atoms with E-state index in [0.29, 0.717) is 21.8 Å². The van der Waals surface area contributed by atoms with Crippen LogP contribution in [-0.2, 0) is 4.79 Å². The molecule has 1 heterocycles. The minimum atomic E-state index is -0.183. The highest BCUT2D eigenvalue weighted by atomic mass is 32.1. The van der Waals surface area contributed by atoms with E-state index >= 15 is 0 Å². The number of hydrogen-bond acceptors (Lipinski definition) is 5. The molecule has 0 aliphatic rings. The van der Waals surface area contributed by atoms with Crippen LogP contribution in [-0.4, -0.2) is 30.3 Å². The van der Waals surface area contributed by atoms with Gasteiger partial charge in [-0.1, -0.05) is 30.3 Å². The maximum atomic E-state index is 12.4. The van der Waals surface area contributed by atoms with Crippen LogP contribution in [0.3, 0.4) is 0 Å². The third-order valence-electron chi connectivity index (χ3n) is 4.76. The normalized spacial score (nSPS) is 11.5. The lowest BCUT2D eigenvalue weighted by Crippen LogP contribution is -2.32. The number of nitrogens with one attached hydrogen (secondary N) is 2. The SMILES string of the molecule is C[C@H](c1cccc(NC(=O)c2ccccc2)c1)N(C)CC(=O)Nc1sccc1C#N. The molecule has 0 spiro atoms. The van der Waals surface area contributed by atoms with Gasteiger partial charge in [0.1, 0.15) is 11.1 Å². The Balaban J connectivity index is 1.62. The first-order valence-corrected chi connectivity index (χ1v) is 10.3. The summed E-state index contributed by atoms with van der Waals surface area (Å²) in [6, 6.07) is 20.3. The Morgan fingerprint density at radius 2 is 1.87 bits per heavy atom. The molecule has 3 aromatic rings. The monoisotopic (exact) mass is 418 g/mol. The Hall–Kier alpha value is -3.47. The van der Waals surface area contributed by atoms with E-state index in [9.17, 15) is 9.59 Å². The summed E-state index contributed by atoms with van der Waals surface area (Å²) < 4.78 is 0. The fourth-order valence-electron chi connectivity index (χ4n) is 2.95. The van der Waals surface area contributed by atoms with E-state index in [0.717, 1.165) is 5.56 Å². The average Bonchev–Trinajstić information content (AvgIpc) is 3.20. The fourth-order valence-corrected chi connectivity index (χ4v) is 3.70. The molecule has 1 aromatic heterocycles. The molecule has 0 aliphatic carbocycles. The van der Waals surface area contributed by atoms with Crippen LogP contribution in [0.1, 0.15) is 34.5 Å². The second-order valence-corrected chi connectivity index (χ2v) is 7.78. The molecule has 0 radical (unpaired) electrons. The van der Waals surface area contributed by atoms with Crippen LogP contribution in [0.25, 0.3) is 0 Å². The van der Waals surface area contributed by atoms with E-state index < -0.39 is 0 Å². The number of amides is 2. The van der Waals surface area contributed by atoms with Crippen molar-refractivity contribution in [1.29, 1.82) is 5.26 Å². The van der Waals surface area contributed by atoms with Crippen molar-refractivity contribution in [2.45, 2.75) is 13.0 Å². The molecule has 30 heavy (non-hydrogen) atoms. The summed E-state index contributed by atoms with van der Waals surface area (Å²) >= 11 is 1.33. The van der Waals surface area contributed by atoms with Crippen molar-refractivity contribution in [3.8, 4) is 6.07 Å². The quantitative estimate of drug-likeness (QED) is 0.591. The molecular weight excluding hydrogens is 396 g/mol. The number of likely N-dealkylation sites (N-methyl/N-ethyl adjacent to an activating group) is 1. The van der Waals surface area contributed by atoms with Gasteiger partial charge in [0.2, 0.25) is 5.91 Å². The van der Waals surface area contributed by atoms with Crippen molar-refractivity contribution in [3.05, 3.63) is 82.7 Å². The first kappa shape index (κ1) is 21.2. The van der Waals surface area contributed by atoms with Crippen LogP contribution in [0, 0.1) is 11.3 Å². The van der Waals surface area contributed by atoms with Gasteiger partial charge in [-0.3, -0.25) is 14.5 Å². The van der Waals surface area contributed by atoms with Crippen LogP contribution < -0.4 is 10.6 Å². The molecule has 3 rings (SSSR count). The molecule has 2 N–H and O–H groups in total. The number of benzene rings is 2. The zero-order valence-corrected chi connectivity index (χ0v) is 17.6. The summed E-state index contributed by atoms with van der Waals surface area (Å²) in [5, 5.41) is 17.1. The summed E-state index contributed by atoms with van der Waals surface area (Å²) in [4.78, 5) is 26.7. The lowest BCUT2D eigenvalue weighted by Gasteiger charge is -2.25. The second kappa shape index (κ2) is 9.83. The Labute approximate surface area is 179 Å². The first-order valence-electron chi connectivity index (χ1n) is 9.42. The molecule has 0 fully saturated rings. The molecule has 6 nitrogen and oxygen atoms in total. The van der Waals surface area contributed by atoms with Crippen LogP contribution in [0.2, 0.25) is 0 Å². The lowest BCUT2D eigenvalue weighted by atomic mass is 10.1. The Morgan fingerprint density at radius 3 is 2.60 bits per heavy atom. The van der Waals surface area contributed by atoms with Gasteiger partial charge < -0.3 is 10.6 Å². The number of rotatable bonds is 7. The van der Waals surface area contributed by atoms with Crippen molar-refractivity contribution < 1.29 is 9.59 Å². The summed E-state index contributed by atoms with van der Waals surface area (Å²) in [7, 11) is 1.86. The predicted molar refractivity (Wildman–Crippen MR) is 120 cm³/mol. The van der Waals surface area contributed by atoms with E-state index in [1.165, 1.54) is 11.3 Å². The molecule has 7 heteroatoms. The maximum Gasteiger partial charge on any atom is 0.255 e. The highest BCUT2D eigenvalue weighted by molar-refractivity contribution is 7.14. The summed E-state index contributed by atoms with van der Waals surface area (Å²) in [6.07, 6.45) is 0. The van der Waals surface area contributed by atoms with Crippen LogP contribution in [0.15, 0.2) is 66.0 Å². The average molecular weight is 419 g/mol. The topological polar surface area (TPSA) is 85.2 Å². The fraction of sp³-hybridized carbons (Fsp3) is 0.174. The molecule has 152 valence electrons. The van der Waals surface area contributed by atoms with Gasteiger partial charge in [-0.25, -0.2) is 0 Å². The van der Waals surface area contributed by atoms with Gasteiger partial charge in [-0.15, -0.1) is 11.3 Å². The maximum absolute atomic E-state index is 12.4. The van der Waals surface area contributed by atoms with Crippen LogP contribution in [0.4, 0.5) is 10.7 Å². The lowest BCUT2D eigenvalue weighted by molar-refractivity contribution is -0.117. The molecular formula is C23H22N4O2S. The predicted octanol–water partition coefficient (Wildman–Crippen LogP) is 4.50. The third-order valence-corrected chi connectivity index (χ3v) is 5.59. The van der Waals surface area contributed by atoms with Crippen LogP contribution in [0.5, 0.6) is 0 Å². The molecule has 0 unspecified atom stereocenters. The number of hydrogen-bond donors (Lipinski definition) is 2. The third kappa shape index (κ3) is 5.32. The zero-order chi connectivity index (χ0) is 21.5. The number of carbonyl (C=O) groups is 2. The van der Waals surface area contributed by atoms with Gasteiger partial charge in [0.15, 0.2) is 0 Å². The Morgan fingerprint density at radius 1 is 1.10 bits per heavy atom. The number of carbonyl (C=O) groups excluding carboxylic acids is 2. The summed E-state index contributed by atoms with van der Waals surface area (Å²) in [5.41, 5.74) is 2.73. The van der Waals surface area contributed by atoms with Crippen molar-refractivity contribution in [2.24, 2.45) is 0 Å². The first-order chi connectivity index (χ1) is 14.5. The van der Waals surface area contributed by atoms with E-state index in [4.69, 9.17) is 5.26 Å². The van der Waals surface area contributed by atoms with Gasteiger partial charge in [0, 0.05) is 17.3 Å². The highest BCUT2D eigenvalue weighted by Crippen LogP contribution is 2.24. The Bertz CT molecular complexity index is 1070. The van der Waals surface area contributed by atoms with Crippen molar-refractivity contribution in [3.63, 3.8) is 0 Å². The number of thiophene rings is 1. The summed E-state index contributed by atoms with van der Waals surface area (Å²) in [5.74, 6) is -0.353. The molecule has 2 amide bonds. The number of nitriles is 1. The van der Waals surface area contributed by atoms with Crippen molar-refractivity contribution in [1.82, 2.24) is 4.90 Å². The van der Waals surface area contributed by atoms with E-state index in [2.05, 4.69) is 16.7 Å². The van der Waals surface area contributed by atoms with Gasteiger partial charge in [0.05, 0.1) is 12.1 Å². The molecule has 0 saturated heterocycles. The summed E-state index contributed by atoms with van der Waals surface area (Å²) in [6.45, 7) is 2.17. The van der Waals surface area contributed by atoms with Gasteiger partial charge in [-0.05, 0) is 55.2 Å². The van der Waals surface area contributed by atoms with E-state index in [1.54, 1.807) is 23.6 Å². The smallest absolute Gasteiger partial charge is 0.255 e. The van der Waals surface area contributed by atoms with Gasteiger partial charge in [0.25, 0.3) is 5.91 Å². The highest BCUT2D eigenvalue weighted by Gasteiger charge is 2.17. The Kier molecular flexibility index (Phi) is 6.96. The molecule has 2 aromatic carbocycles. The van der Waals surface area contributed by atoms with E-state index in [1.807, 2.05) is 61.3 Å². The molecule has 0 saturated carbocycles. The van der Waals surface area contributed by atoms with Gasteiger partial charge >= 0.3 is 0 Å². The molecule has 1 atom stereocenters. The second-order valence-electron chi connectivity index (χ2n) is 6.86. The van der Waals surface area contributed by atoms with Crippen molar-refractivity contribution in [2.75, 3.05) is 24.2 Å². The molecule has 0 bridgehead atoms. The largest absolute Gasteiger partial charge is 0.322 e. The number of nitrogens with zero attached hydrogens (tertiary/aromatic N) is 2.